The molecule has 5 atom stereocenters. The molecule has 5 unspecified atom stereocenters. The van der Waals surface area contributed by atoms with Gasteiger partial charge in [0.15, 0.2) is 5.96 Å². The van der Waals surface area contributed by atoms with E-state index >= 15 is 0 Å². The molecule has 1 rings (SSSR count). The van der Waals surface area contributed by atoms with Crippen molar-refractivity contribution >= 4 is 41.4 Å². The summed E-state index contributed by atoms with van der Waals surface area (Å²) >= 11 is 1.51. The van der Waals surface area contributed by atoms with E-state index in [1.807, 2.05) is 26.2 Å². The Morgan fingerprint density at radius 1 is 0.949 bits per heavy atom. The average Bonchev–Trinajstić information content (AvgIpc) is 2.91. The first-order valence-corrected chi connectivity index (χ1v) is 14.4. The third-order valence-corrected chi connectivity index (χ3v) is 6.92. The summed E-state index contributed by atoms with van der Waals surface area (Å²) in [6.07, 6.45) is 3.44. The number of guanidine groups is 1. The number of nitrogens with zero attached hydrogens (tertiary/aromatic N) is 1. The first-order chi connectivity index (χ1) is 18.5. The Morgan fingerprint density at radius 2 is 1.51 bits per heavy atom. The van der Waals surface area contributed by atoms with Crippen molar-refractivity contribution in [2.24, 2.45) is 28.1 Å². The largest absolute Gasteiger partial charge is 0.480 e. The van der Waals surface area contributed by atoms with Crippen molar-refractivity contribution in [1.29, 1.82) is 0 Å². The summed E-state index contributed by atoms with van der Waals surface area (Å²) in [4.78, 5) is 55.0. The van der Waals surface area contributed by atoms with Gasteiger partial charge in [-0.2, -0.15) is 11.8 Å². The standard InChI is InChI=1S/C26H43N7O5S/c1-4-16(2)21(27)24(36)32-19(12-14-39-3)23(35)31-18(11-8-13-30-26(28)29)22(34)33-20(25(37)38)15-17-9-6-5-7-10-17/h5-7,9-10,16,18-21H,4,8,11-15,27H2,1-3H3,(H,31,35)(H,32,36)(H,33,34)(H,37,38)(H4,28,29,30). The van der Waals surface area contributed by atoms with E-state index in [9.17, 15) is 24.3 Å². The van der Waals surface area contributed by atoms with Gasteiger partial charge in [0, 0.05) is 13.0 Å². The van der Waals surface area contributed by atoms with Crippen LogP contribution < -0.4 is 33.2 Å². The Labute approximate surface area is 234 Å². The highest BCUT2D eigenvalue weighted by Gasteiger charge is 2.30. The summed E-state index contributed by atoms with van der Waals surface area (Å²) in [5.41, 5.74) is 17.5. The van der Waals surface area contributed by atoms with E-state index in [0.29, 0.717) is 25.0 Å². The van der Waals surface area contributed by atoms with E-state index < -0.39 is 47.9 Å². The van der Waals surface area contributed by atoms with Gasteiger partial charge < -0.3 is 38.3 Å². The number of thioether (sulfide) groups is 1. The molecule has 1 aromatic carbocycles. The van der Waals surface area contributed by atoms with Crippen LogP contribution in [-0.4, -0.2) is 77.5 Å². The molecule has 0 fully saturated rings. The second-order valence-corrected chi connectivity index (χ2v) is 10.3. The minimum atomic E-state index is -1.21. The molecule has 10 N–H and O–H groups in total. The molecule has 13 heteroatoms. The number of rotatable bonds is 18. The quantitative estimate of drug-likeness (QED) is 0.0720. The van der Waals surface area contributed by atoms with E-state index in [1.54, 1.807) is 24.3 Å². The van der Waals surface area contributed by atoms with Gasteiger partial charge in [0.2, 0.25) is 17.7 Å². The predicted molar refractivity (Wildman–Crippen MR) is 154 cm³/mol. The molecule has 3 amide bonds. The fourth-order valence-corrected chi connectivity index (χ4v) is 4.12. The molecule has 1 aromatic rings. The highest BCUT2D eigenvalue weighted by atomic mass is 32.2. The number of amides is 3. The molecule has 0 aliphatic rings. The number of aliphatic imine (C=N–C) groups is 1. The van der Waals surface area contributed by atoms with Gasteiger partial charge in [0.05, 0.1) is 6.04 Å². The van der Waals surface area contributed by atoms with Gasteiger partial charge in [-0.3, -0.25) is 19.4 Å². The summed E-state index contributed by atoms with van der Waals surface area (Å²) in [5.74, 6) is -2.49. The van der Waals surface area contributed by atoms with Crippen molar-refractivity contribution in [2.45, 2.75) is 70.1 Å². The number of carbonyl (C=O) groups excluding carboxylic acids is 3. The molecular weight excluding hydrogens is 522 g/mol. The Hall–Kier alpha value is -3.32. The molecule has 0 saturated carbocycles. The third kappa shape index (κ3) is 12.9. The van der Waals surface area contributed by atoms with Gasteiger partial charge in [-0.25, -0.2) is 4.79 Å². The number of nitrogens with two attached hydrogens (primary N) is 3. The predicted octanol–water partition coefficient (Wildman–Crippen LogP) is -0.0518. The molecule has 0 aliphatic carbocycles. The smallest absolute Gasteiger partial charge is 0.326 e. The van der Waals surface area contributed by atoms with Gasteiger partial charge in [-0.05, 0) is 42.8 Å². The third-order valence-electron chi connectivity index (χ3n) is 6.28. The summed E-state index contributed by atoms with van der Waals surface area (Å²) < 4.78 is 0. The zero-order chi connectivity index (χ0) is 29.4. The van der Waals surface area contributed by atoms with E-state index in [4.69, 9.17) is 17.2 Å². The van der Waals surface area contributed by atoms with Crippen molar-refractivity contribution in [2.75, 3.05) is 18.6 Å². The Balaban J connectivity index is 3.07. The fourth-order valence-electron chi connectivity index (χ4n) is 3.65. The van der Waals surface area contributed by atoms with Crippen molar-refractivity contribution < 1.29 is 24.3 Å². The monoisotopic (exact) mass is 565 g/mol. The van der Waals surface area contributed by atoms with Crippen LogP contribution in [0.15, 0.2) is 35.3 Å². The molecule has 0 radical (unpaired) electrons. The van der Waals surface area contributed by atoms with Crippen molar-refractivity contribution in [1.82, 2.24) is 16.0 Å². The second kappa shape index (κ2) is 18.1. The number of hydrogen-bond donors (Lipinski definition) is 7. The van der Waals surface area contributed by atoms with Crippen molar-refractivity contribution in [3.8, 4) is 0 Å². The first-order valence-electron chi connectivity index (χ1n) is 13.0. The van der Waals surface area contributed by atoms with Gasteiger partial charge in [0.1, 0.15) is 18.1 Å². The lowest BCUT2D eigenvalue weighted by Gasteiger charge is -2.26. The van der Waals surface area contributed by atoms with Crippen LogP contribution in [0, 0.1) is 5.92 Å². The van der Waals surface area contributed by atoms with Crippen LogP contribution in [0.5, 0.6) is 0 Å². The molecular formula is C26H43N7O5S. The Bertz CT molecular complexity index is 959. The van der Waals surface area contributed by atoms with E-state index in [1.165, 1.54) is 11.8 Å². The summed E-state index contributed by atoms with van der Waals surface area (Å²) in [5, 5.41) is 17.7. The average molecular weight is 566 g/mol. The topological polar surface area (TPSA) is 215 Å². The number of nitrogens with one attached hydrogen (secondary N) is 3. The molecule has 0 spiro atoms. The first kappa shape index (κ1) is 33.7. The number of aliphatic carboxylic acids is 1. The van der Waals surface area contributed by atoms with Gasteiger partial charge in [-0.15, -0.1) is 0 Å². The maximum Gasteiger partial charge on any atom is 0.326 e. The highest BCUT2D eigenvalue weighted by molar-refractivity contribution is 7.98. The van der Waals surface area contributed by atoms with Gasteiger partial charge in [-0.1, -0.05) is 50.6 Å². The number of carboxylic acid groups (broad SMARTS) is 1. The summed E-state index contributed by atoms with van der Waals surface area (Å²) in [6, 6.07) is 4.89. The molecule has 39 heavy (non-hydrogen) atoms. The molecule has 218 valence electrons. The molecule has 12 nitrogen and oxygen atoms in total. The maximum absolute atomic E-state index is 13.3. The Morgan fingerprint density at radius 3 is 2.05 bits per heavy atom. The normalized spacial score (nSPS) is 14.7. The van der Waals surface area contributed by atoms with Gasteiger partial charge in [0.25, 0.3) is 0 Å². The van der Waals surface area contributed by atoms with Crippen molar-refractivity contribution in [3.63, 3.8) is 0 Å². The Kier molecular flexibility index (Phi) is 15.6. The minimum absolute atomic E-state index is 0.0660. The number of benzene rings is 1. The van der Waals surface area contributed by atoms with Crippen LogP contribution in [0.25, 0.3) is 0 Å². The van der Waals surface area contributed by atoms with Crippen LogP contribution in [0.2, 0.25) is 0 Å². The van der Waals surface area contributed by atoms with Crippen LogP contribution in [0.3, 0.4) is 0 Å². The van der Waals surface area contributed by atoms with Crippen LogP contribution in [0.1, 0.15) is 45.1 Å². The van der Waals surface area contributed by atoms with Gasteiger partial charge >= 0.3 is 5.97 Å². The number of hydrogen-bond acceptors (Lipinski definition) is 7. The zero-order valence-corrected chi connectivity index (χ0v) is 23.7. The molecule has 0 saturated heterocycles. The van der Waals surface area contributed by atoms with E-state index in [0.717, 1.165) is 5.56 Å². The molecule has 0 aliphatic heterocycles. The number of carbonyl (C=O) groups is 4. The second-order valence-electron chi connectivity index (χ2n) is 9.35. The maximum atomic E-state index is 13.3. The number of carboxylic acids is 1. The van der Waals surface area contributed by atoms with E-state index in [2.05, 4.69) is 20.9 Å². The molecule has 0 aromatic heterocycles. The van der Waals surface area contributed by atoms with Crippen LogP contribution in [-0.2, 0) is 25.6 Å². The van der Waals surface area contributed by atoms with E-state index in [-0.39, 0.29) is 31.3 Å². The fraction of sp³-hybridized carbons (Fsp3) is 0.577. The molecule has 0 heterocycles. The molecule has 0 bridgehead atoms. The summed E-state index contributed by atoms with van der Waals surface area (Å²) in [6.45, 7) is 3.99. The lowest BCUT2D eigenvalue weighted by Crippen LogP contribution is -2.57. The minimum Gasteiger partial charge on any atom is -0.480 e. The highest BCUT2D eigenvalue weighted by Crippen LogP contribution is 2.09. The summed E-state index contributed by atoms with van der Waals surface area (Å²) in [7, 11) is 0. The van der Waals surface area contributed by atoms with Crippen LogP contribution >= 0.6 is 11.8 Å². The van der Waals surface area contributed by atoms with Crippen LogP contribution in [0.4, 0.5) is 0 Å². The lowest BCUT2D eigenvalue weighted by atomic mass is 9.99. The van der Waals surface area contributed by atoms with Crippen molar-refractivity contribution in [3.05, 3.63) is 35.9 Å². The lowest BCUT2D eigenvalue weighted by molar-refractivity contribution is -0.142. The SMILES string of the molecule is CCC(C)C(N)C(=O)NC(CCSC)C(=O)NC(CCCN=C(N)N)C(=O)NC(Cc1ccccc1)C(=O)O. The zero-order valence-electron chi connectivity index (χ0n) is 22.9.